The number of fused-ring (bicyclic) bond motifs is 1. The van der Waals surface area contributed by atoms with Crippen molar-refractivity contribution in [3.63, 3.8) is 0 Å². The van der Waals surface area contributed by atoms with E-state index in [4.69, 9.17) is 9.47 Å². The van der Waals surface area contributed by atoms with Gasteiger partial charge in [0.1, 0.15) is 0 Å². The van der Waals surface area contributed by atoms with Crippen molar-refractivity contribution in [3.05, 3.63) is 54.1 Å². The molecular weight excluding hydrogens is 408 g/mol. The van der Waals surface area contributed by atoms with Gasteiger partial charge in [0, 0.05) is 50.8 Å². The lowest BCUT2D eigenvalue weighted by molar-refractivity contribution is 0.0377. The van der Waals surface area contributed by atoms with E-state index in [-0.39, 0.29) is 12.1 Å². The summed E-state index contributed by atoms with van der Waals surface area (Å²) >= 11 is 0. The molecule has 0 bridgehead atoms. The Morgan fingerprint density at radius 2 is 1.97 bits per heavy atom. The number of aromatic nitrogens is 3. The number of rotatable bonds is 5. The first-order chi connectivity index (χ1) is 15.4. The molecular formula is C24H32N4O4. The van der Waals surface area contributed by atoms with Crippen LogP contribution in [-0.4, -0.2) is 72.1 Å². The zero-order valence-electron chi connectivity index (χ0n) is 19.5. The van der Waals surface area contributed by atoms with Gasteiger partial charge in [0.25, 0.3) is 0 Å². The molecule has 4 heterocycles. The van der Waals surface area contributed by atoms with Gasteiger partial charge in [-0.3, -0.25) is 5.10 Å². The number of morpholine rings is 1. The van der Waals surface area contributed by atoms with Crippen LogP contribution >= 0.6 is 0 Å². The van der Waals surface area contributed by atoms with Gasteiger partial charge in [-0.15, -0.1) is 0 Å². The molecule has 0 amide bonds. The normalized spacial score (nSPS) is 13.8. The third-order valence-electron chi connectivity index (χ3n) is 5.24. The Bertz CT molecular complexity index is 1060. The number of esters is 1. The number of carbonyl (C=O) groups excluding carboxylic acids is 1. The van der Waals surface area contributed by atoms with E-state index in [1.807, 2.05) is 45.3 Å². The minimum atomic E-state index is -0.324. The Morgan fingerprint density at radius 3 is 2.56 bits per heavy atom. The minimum Gasteiger partial charge on any atom is -0.459 e. The Hall–Kier alpha value is -3.10. The highest BCUT2D eigenvalue weighted by molar-refractivity contribution is 5.96. The first kappa shape index (κ1) is 23.6. The van der Waals surface area contributed by atoms with E-state index in [0.29, 0.717) is 18.8 Å². The number of hydrogen-bond acceptors (Lipinski definition) is 6. The van der Waals surface area contributed by atoms with E-state index < -0.39 is 0 Å². The number of H-pyrrole nitrogens is 1. The number of nitrogens with one attached hydrogen (secondary N) is 1. The van der Waals surface area contributed by atoms with Gasteiger partial charge in [0.15, 0.2) is 0 Å². The zero-order chi connectivity index (χ0) is 23.3. The molecule has 1 aliphatic heterocycles. The van der Waals surface area contributed by atoms with Crippen molar-refractivity contribution in [2.24, 2.45) is 0 Å². The van der Waals surface area contributed by atoms with E-state index in [9.17, 15) is 4.79 Å². The van der Waals surface area contributed by atoms with Crippen LogP contribution in [0.3, 0.4) is 0 Å². The molecule has 0 aliphatic carbocycles. The topological polar surface area (TPSA) is 81.1 Å². The molecule has 0 unspecified atom stereocenters. The molecule has 172 valence electrons. The average Bonchev–Trinajstić information content (AvgIpc) is 3.43. The molecule has 0 saturated carbocycles. The number of methoxy groups -OCH3 is 1. The number of nitrogens with zero attached hydrogens (tertiary/aromatic N) is 3. The summed E-state index contributed by atoms with van der Waals surface area (Å²) in [6.07, 6.45) is 5.45. The Kier molecular flexibility index (Phi) is 7.71. The molecule has 4 rings (SSSR count). The van der Waals surface area contributed by atoms with Crippen molar-refractivity contribution < 1.29 is 19.0 Å². The fraction of sp³-hybridized carbons (Fsp3) is 0.417. The lowest BCUT2D eigenvalue weighted by Gasteiger charge is -2.32. The molecule has 3 aromatic rings. The fourth-order valence-corrected chi connectivity index (χ4v) is 3.81. The summed E-state index contributed by atoms with van der Waals surface area (Å²) in [6, 6.07) is 3.94. The van der Waals surface area contributed by atoms with Crippen LogP contribution in [0.4, 0.5) is 0 Å². The third kappa shape index (κ3) is 4.87. The van der Waals surface area contributed by atoms with Crippen LogP contribution in [0.15, 0.2) is 37.3 Å². The molecule has 1 fully saturated rings. The van der Waals surface area contributed by atoms with Crippen molar-refractivity contribution in [2.45, 2.75) is 26.9 Å². The molecule has 0 aromatic carbocycles. The molecule has 0 radical (unpaired) electrons. The Balaban J connectivity index is 0.000000913. The van der Waals surface area contributed by atoms with Gasteiger partial charge >= 0.3 is 5.97 Å². The van der Waals surface area contributed by atoms with Crippen LogP contribution in [0.25, 0.3) is 22.3 Å². The van der Waals surface area contributed by atoms with Crippen LogP contribution in [0.2, 0.25) is 0 Å². The fourth-order valence-electron chi connectivity index (χ4n) is 3.81. The molecule has 8 heteroatoms. The number of ether oxygens (including phenoxy) is 3. The van der Waals surface area contributed by atoms with Crippen molar-refractivity contribution in [1.29, 1.82) is 0 Å². The number of aromatic amines is 1. The maximum absolute atomic E-state index is 12.9. The van der Waals surface area contributed by atoms with E-state index >= 15 is 0 Å². The molecule has 3 aromatic heterocycles. The van der Waals surface area contributed by atoms with Crippen molar-refractivity contribution in [2.75, 3.05) is 40.5 Å². The second kappa shape index (κ2) is 10.5. The molecule has 0 spiro atoms. The molecule has 1 N–H and O–H groups in total. The zero-order valence-corrected chi connectivity index (χ0v) is 19.5. The predicted octanol–water partition coefficient (Wildman–Crippen LogP) is 3.77. The van der Waals surface area contributed by atoms with Crippen molar-refractivity contribution in [1.82, 2.24) is 19.5 Å². The molecule has 1 saturated heterocycles. The van der Waals surface area contributed by atoms with Crippen LogP contribution < -0.4 is 0 Å². The van der Waals surface area contributed by atoms with Gasteiger partial charge in [-0.05, 0) is 38.5 Å². The predicted molar refractivity (Wildman–Crippen MR) is 125 cm³/mol. The molecule has 0 atom stereocenters. The second-order valence-corrected chi connectivity index (χ2v) is 7.91. The Labute approximate surface area is 188 Å². The molecule has 8 nitrogen and oxygen atoms in total. The number of carbonyl (C=O) groups is 1. The summed E-state index contributed by atoms with van der Waals surface area (Å²) in [7, 11) is 3.25. The summed E-state index contributed by atoms with van der Waals surface area (Å²) < 4.78 is 17.4. The summed E-state index contributed by atoms with van der Waals surface area (Å²) in [5.74, 6) is -0.324. The Morgan fingerprint density at radius 1 is 1.28 bits per heavy atom. The average molecular weight is 441 g/mol. The molecule has 1 aliphatic rings. The maximum atomic E-state index is 12.9. The standard InChI is InChI=1S/C22H26N4O3.C2H6O/c1-14(2)29-22(27)19-11-20-18(17-12-23-24-13-17)5-6-26(20)21(15(19)3)16(4)25-7-9-28-10-8-25;1-3-2/h5-6,11-14H,4,7-10H2,1-3H3,(H,23,24);1-2H3. The van der Waals surface area contributed by atoms with Crippen LogP contribution in [-0.2, 0) is 14.2 Å². The van der Waals surface area contributed by atoms with Gasteiger partial charge in [0.05, 0.1) is 48.0 Å². The first-order valence-corrected chi connectivity index (χ1v) is 10.7. The minimum absolute atomic E-state index is 0.191. The van der Waals surface area contributed by atoms with Crippen LogP contribution in [0.5, 0.6) is 0 Å². The summed E-state index contributed by atoms with van der Waals surface area (Å²) in [5, 5.41) is 6.92. The van der Waals surface area contributed by atoms with Crippen molar-refractivity contribution in [3.8, 4) is 11.1 Å². The van der Waals surface area contributed by atoms with Crippen LogP contribution in [0, 0.1) is 6.92 Å². The van der Waals surface area contributed by atoms with Gasteiger partial charge in [-0.2, -0.15) is 5.10 Å². The van der Waals surface area contributed by atoms with Gasteiger partial charge in [-0.1, -0.05) is 6.58 Å². The highest BCUT2D eigenvalue weighted by Crippen LogP contribution is 2.33. The number of pyridine rings is 1. The SMILES string of the molecule is C=C(c1c(C)c(C(=O)OC(C)C)cc2c(-c3cn[nH]c3)ccn12)N1CCOCC1.COC. The lowest BCUT2D eigenvalue weighted by Crippen LogP contribution is -2.35. The van der Waals surface area contributed by atoms with Crippen LogP contribution in [0.1, 0.15) is 35.5 Å². The largest absolute Gasteiger partial charge is 0.459 e. The maximum Gasteiger partial charge on any atom is 0.338 e. The quantitative estimate of drug-likeness (QED) is 0.609. The monoisotopic (exact) mass is 440 g/mol. The van der Waals surface area contributed by atoms with Gasteiger partial charge < -0.3 is 23.5 Å². The highest BCUT2D eigenvalue weighted by Gasteiger charge is 2.24. The van der Waals surface area contributed by atoms with E-state index in [1.54, 1.807) is 20.4 Å². The smallest absolute Gasteiger partial charge is 0.338 e. The van der Waals surface area contributed by atoms with Gasteiger partial charge in [-0.25, -0.2) is 4.79 Å². The summed E-state index contributed by atoms with van der Waals surface area (Å²) in [6.45, 7) is 12.9. The van der Waals surface area contributed by atoms with E-state index in [1.165, 1.54) is 0 Å². The highest BCUT2D eigenvalue weighted by atomic mass is 16.5. The first-order valence-electron chi connectivity index (χ1n) is 10.7. The van der Waals surface area contributed by atoms with Gasteiger partial charge in [0.2, 0.25) is 0 Å². The molecule has 32 heavy (non-hydrogen) atoms. The lowest BCUT2D eigenvalue weighted by atomic mass is 10.0. The van der Waals surface area contributed by atoms with E-state index in [2.05, 4.69) is 30.8 Å². The van der Waals surface area contributed by atoms with E-state index in [0.717, 1.165) is 46.7 Å². The van der Waals surface area contributed by atoms with Crippen molar-refractivity contribution >= 4 is 17.2 Å². The summed E-state index contributed by atoms with van der Waals surface area (Å²) in [4.78, 5) is 15.1. The second-order valence-electron chi connectivity index (χ2n) is 7.91. The third-order valence-corrected chi connectivity index (χ3v) is 5.24. The summed E-state index contributed by atoms with van der Waals surface area (Å²) in [5.41, 5.74) is 6.07. The number of hydrogen-bond donors (Lipinski definition) is 1.